The predicted octanol–water partition coefficient (Wildman–Crippen LogP) is 0.299. The molecule has 1 aromatic rings. The molecule has 0 unspecified atom stereocenters. The van der Waals surface area contributed by atoms with Crippen molar-refractivity contribution >= 4 is 12.1 Å². The number of hydrogen-bond acceptors (Lipinski definition) is 5. The first-order chi connectivity index (χ1) is 8.13. The molecule has 0 saturated carbocycles. The summed E-state index contributed by atoms with van der Waals surface area (Å²) in [5.41, 5.74) is 1.11. The molecule has 0 bridgehead atoms. The van der Waals surface area contributed by atoms with Crippen LogP contribution in [-0.2, 0) is 17.7 Å². The van der Waals surface area contributed by atoms with Crippen LogP contribution in [-0.4, -0.2) is 45.7 Å². The summed E-state index contributed by atoms with van der Waals surface area (Å²) in [6, 6.07) is 0. The van der Waals surface area contributed by atoms with Crippen LogP contribution in [0.2, 0.25) is 0 Å². The molecule has 0 aliphatic carbocycles. The number of carbonyl (C=O) groups excluding carboxylic acids is 1. The molecule has 0 aromatic carbocycles. The number of carboxylic acids is 1. The minimum absolute atomic E-state index is 0.0522. The Bertz CT molecular complexity index is 475. The molecule has 1 aromatic heterocycles. The molecule has 90 valence electrons. The molecule has 0 radical (unpaired) electrons. The van der Waals surface area contributed by atoms with Crippen LogP contribution >= 0.6 is 0 Å². The molecule has 0 atom stereocenters. The topological polar surface area (TPSA) is 92.6 Å². The van der Waals surface area contributed by atoms with Gasteiger partial charge in [-0.1, -0.05) is 0 Å². The Balaban J connectivity index is 2.35. The van der Waals surface area contributed by atoms with Gasteiger partial charge in [-0.3, -0.25) is 0 Å². The third kappa shape index (κ3) is 2.03. The average molecular weight is 237 g/mol. The molecule has 1 amide bonds. The van der Waals surface area contributed by atoms with E-state index in [0.29, 0.717) is 24.2 Å². The van der Waals surface area contributed by atoms with E-state index in [1.165, 1.54) is 18.3 Å². The monoisotopic (exact) mass is 237 g/mol. The number of aromatic nitrogens is 2. The van der Waals surface area contributed by atoms with Gasteiger partial charge in [0.05, 0.1) is 19.3 Å². The number of rotatable bonds is 1. The number of hydrogen-bond donors (Lipinski definition) is 1. The van der Waals surface area contributed by atoms with Crippen molar-refractivity contribution in [2.24, 2.45) is 0 Å². The fraction of sp³-hybridized carbons (Fsp3) is 0.400. The summed E-state index contributed by atoms with van der Waals surface area (Å²) in [7, 11) is 1.29. The molecule has 1 aliphatic rings. The number of nitrogens with zero attached hydrogens (tertiary/aromatic N) is 3. The van der Waals surface area contributed by atoms with Crippen LogP contribution < -0.4 is 0 Å². The highest BCUT2D eigenvalue weighted by Gasteiger charge is 2.26. The second-order valence-electron chi connectivity index (χ2n) is 3.59. The van der Waals surface area contributed by atoms with Crippen LogP contribution in [0.1, 0.15) is 21.7 Å². The Labute approximate surface area is 97.0 Å². The normalized spacial score (nSPS) is 14.1. The van der Waals surface area contributed by atoms with E-state index in [9.17, 15) is 9.59 Å². The number of fused-ring (bicyclic) bond motifs is 1. The zero-order valence-corrected chi connectivity index (χ0v) is 9.21. The Hall–Kier alpha value is -2.18. The molecule has 0 spiro atoms. The third-order valence-electron chi connectivity index (χ3n) is 2.64. The van der Waals surface area contributed by atoms with E-state index in [4.69, 9.17) is 5.11 Å². The van der Waals surface area contributed by atoms with Crippen molar-refractivity contribution in [1.29, 1.82) is 0 Å². The maximum absolute atomic E-state index is 11.4. The lowest BCUT2D eigenvalue weighted by Gasteiger charge is -2.27. The molecule has 7 nitrogen and oxygen atoms in total. The van der Waals surface area contributed by atoms with Gasteiger partial charge >= 0.3 is 12.1 Å². The van der Waals surface area contributed by atoms with Gasteiger partial charge in [-0.15, -0.1) is 0 Å². The Morgan fingerprint density at radius 2 is 2.24 bits per heavy atom. The van der Waals surface area contributed by atoms with Crippen molar-refractivity contribution in [1.82, 2.24) is 14.9 Å². The highest BCUT2D eigenvalue weighted by molar-refractivity contribution is 5.87. The minimum atomic E-state index is -1.12. The van der Waals surface area contributed by atoms with Crippen LogP contribution in [0.4, 0.5) is 4.79 Å². The summed E-state index contributed by atoms with van der Waals surface area (Å²) >= 11 is 0. The van der Waals surface area contributed by atoms with E-state index in [1.54, 1.807) is 0 Å². The zero-order chi connectivity index (χ0) is 12.4. The number of methoxy groups -OCH3 is 1. The smallest absolute Gasteiger partial charge is 0.409 e. The maximum Gasteiger partial charge on any atom is 0.409 e. The molecule has 0 saturated heterocycles. The van der Waals surface area contributed by atoms with Crippen molar-refractivity contribution in [2.75, 3.05) is 13.7 Å². The Morgan fingerprint density at radius 3 is 2.88 bits per heavy atom. The van der Waals surface area contributed by atoms with Gasteiger partial charge < -0.3 is 14.7 Å². The number of ether oxygens (including phenoxy) is 1. The van der Waals surface area contributed by atoms with Gasteiger partial charge in [0.25, 0.3) is 0 Å². The lowest BCUT2D eigenvalue weighted by atomic mass is 10.0. The van der Waals surface area contributed by atoms with E-state index in [2.05, 4.69) is 14.7 Å². The van der Waals surface area contributed by atoms with Crippen molar-refractivity contribution < 1.29 is 19.4 Å². The molecule has 2 heterocycles. The molecule has 17 heavy (non-hydrogen) atoms. The molecular weight excluding hydrogens is 226 g/mol. The summed E-state index contributed by atoms with van der Waals surface area (Å²) in [6.07, 6.45) is 1.26. The molecule has 2 rings (SSSR count). The lowest BCUT2D eigenvalue weighted by molar-refractivity contribution is 0.0684. The molecule has 0 fully saturated rings. The number of amides is 1. The fourth-order valence-corrected chi connectivity index (χ4v) is 1.81. The van der Waals surface area contributed by atoms with E-state index in [0.717, 1.165) is 0 Å². The summed E-state index contributed by atoms with van der Waals surface area (Å²) in [4.78, 5) is 31.5. The SMILES string of the molecule is COC(=O)N1CCc2ncnc(C(=O)O)c2C1. The van der Waals surface area contributed by atoms with Crippen LogP contribution in [0.15, 0.2) is 6.33 Å². The van der Waals surface area contributed by atoms with Gasteiger partial charge in [0.1, 0.15) is 6.33 Å². The first-order valence-electron chi connectivity index (χ1n) is 5.02. The van der Waals surface area contributed by atoms with Crippen LogP contribution in [0.3, 0.4) is 0 Å². The fourth-order valence-electron chi connectivity index (χ4n) is 1.81. The summed E-state index contributed by atoms with van der Waals surface area (Å²) in [6.45, 7) is 0.639. The Morgan fingerprint density at radius 1 is 1.47 bits per heavy atom. The van der Waals surface area contributed by atoms with Gasteiger partial charge in [-0.05, 0) is 0 Å². The quantitative estimate of drug-likeness (QED) is 0.755. The molecule has 1 N–H and O–H groups in total. The summed E-state index contributed by atoms with van der Waals surface area (Å²) in [5, 5.41) is 9.00. The minimum Gasteiger partial charge on any atom is -0.476 e. The van der Waals surface area contributed by atoms with Crippen molar-refractivity contribution in [3.8, 4) is 0 Å². The standard InChI is InChI=1S/C10H11N3O4/c1-17-10(16)13-3-2-7-6(4-13)8(9(14)15)12-5-11-7/h5H,2-4H2,1H3,(H,14,15). The maximum atomic E-state index is 11.4. The van der Waals surface area contributed by atoms with Gasteiger partial charge in [-0.25, -0.2) is 19.6 Å². The molecular formula is C10H11N3O4. The van der Waals surface area contributed by atoms with Gasteiger partial charge in [0.2, 0.25) is 0 Å². The predicted molar refractivity (Wildman–Crippen MR) is 55.5 cm³/mol. The van der Waals surface area contributed by atoms with Gasteiger partial charge in [0.15, 0.2) is 5.69 Å². The first-order valence-corrected chi connectivity index (χ1v) is 5.02. The van der Waals surface area contributed by atoms with Crippen molar-refractivity contribution in [2.45, 2.75) is 13.0 Å². The number of aromatic carboxylic acids is 1. The second kappa shape index (κ2) is 4.36. The first kappa shape index (κ1) is 11.3. The lowest BCUT2D eigenvalue weighted by Crippen LogP contribution is -2.37. The average Bonchev–Trinajstić information content (AvgIpc) is 2.36. The molecule has 1 aliphatic heterocycles. The van der Waals surface area contributed by atoms with E-state index < -0.39 is 12.1 Å². The highest BCUT2D eigenvalue weighted by atomic mass is 16.5. The van der Waals surface area contributed by atoms with Crippen molar-refractivity contribution in [3.05, 3.63) is 23.3 Å². The number of carbonyl (C=O) groups is 2. The summed E-state index contributed by atoms with van der Waals surface area (Å²) < 4.78 is 4.60. The highest BCUT2D eigenvalue weighted by Crippen LogP contribution is 2.19. The zero-order valence-electron chi connectivity index (χ0n) is 9.21. The van der Waals surface area contributed by atoms with E-state index in [1.807, 2.05) is 0 Å². The largest absolute Gasteiger partial charge is 0.476 e. The van der Waals surface area contributed by atoms with E-state index in [-0.39, 0.29) is 12.2 Å². The third-order valence-corrected chi connectivity index (χ3v) is 2.64. The van der Waals surface area contributed by atoms with Gasteiger partial charge in [-0.2, -0.15) is 0 Å². The van der Waals surface area contributed by atoms with E-state index >= 15 is 0 Å². The van der Waals surface area contributed by atoms with Gasteiger partial charge in [0, 0.05) is 18.5 Å². The van der Waals surface area contributed by atoms with Crippen LogP contribution in [0, 0.1) is 0 Å². The summed E-state index contributed by atoms with van der Waals surface area (Å²) in [5.74, 6) is -1.12. The number of carboxylic acid groups (broad SMARTS) is 1. The van der Waals surface area contributed by atoms with Crippen molar-refractivity contribution in [3.63, 3.8) is 0 Å². The molecule has 7 heteroatoms. The second-order valence-corrected chi connectivity index (χ2v) is 3.59. The van der Waals surface area contributed by atoms with Crippen LogP contribution in [0.5, 0.6) is 0 Å². The van der Waals surface area contributed by atoms with Crippen LogP contribution in [0.25, 0.3) is 0 Å². The Kier molecular flexibility index (Phi) is 2.90.